The minimum Gasteiger partial charge on any atom is -0.461 e. The van der Waals surface area contributed by atoms with Crippen LogP contribution in [-0.2, 0) is 14.3 Å². The van der Waals surface area contributed by atoms with Gasteiger partial charge in [0.1, 0.15) is 6.10 Å². The maximum Gasteiger partial charge on any atom is 0.306 e. The molecule has 0 fully saturated rings. The average molecular weight is 816 g/mol. The smallest absolute Gasteiger partial charge is 0.306 e. The van der Waals surface area contributed by atoms with Gasteiger partial charge in [-0.05, 0) is 57.8 Å². The summed E-state index contributed by atoms with van der Waals surface area (Å²) in [6.45, 7) is 6.15. The molecule has 3 atom stereocenters. The van der Waals surface area contributed by atoms with Gasteiger partial charge in [-0.3, -0.25) is 9.59 Å². The number of nitrogens with one attached hydrogen (secondary N) is 1. The number of ether oxygens (including phenoxy) is 1. The molecule has 0 heterocycles. The highest BCUT2D eigenvalue weighted by molar-refractivity contribution is 5.77. The van der Waals surface area contributed by atoms with E-state index >= 15 is 0 Å². The average Bonchev–Trinajstić information content (AvgIpc) is 3.23. The van der Waals surface area contributed by atoms with Crippen molar-refractivity contribution in [1.82, 2.24) is 5.32 Å². The zero-order chi connectivity index (χ0) is 43.1. The summed E-state index contributed by atoms with van der Waals surface area (Å²) in [5.74, 6) is -0.684. The predicted octanol–water partition coefficient (Wildman–Crippen LogP) is 13.7. The van der Waals surface area contributed by atoms with Crippen LogP contribution in [0.25, 0.3) is 0 Å². The summed E-state index contributed by atoms with van der Waals surface area (Å²) in [6, 6.07) is -0.754. The molecule has 59 heavy (non-hydrogen) atoms. The van der Waals surface area contributed by atoms with E-state index in [4.69, 9.17) is 4.74 Å². The molecule has 0 spiro atoms. The van der Waals surface area contributed by atoms with Crippen LogP contribution in [0.3, 0.4) is 0 Å². The largest absolute Gasteiger partial charge is 0.461 e. The molecule has 332 valence electrons. The molecule has 0 saturated heterocycles. The number of carbonyl (C=O) groups excluding carboxylic acids is 2. The van der Waals surface area contributed by atoms with E-state index in [-0.39, 0.29) is 31.3 Å². The number of rotatable bonds is 39. The Kier molecular flexibility index (Phi) is 42.5. The van der Waals surface area contributed by atoms with Crippen molar-refractivity contribution in [1.29, 1.82) is 0 Å². The van der Waals surface area contributed by atoms with Crippen LogP contribution in [0.2, 0.25) is 0 Å². The van der Waals surface area contributed by atoms with Crippen LogP contribution in [-0.4, -0.2) is 46.9 Å². The number of aliphatic hydroxyl groups excluding tert-OH is 2. The fourth-order valence-electron chi connectivity index (χ4n) is 6.19. The maximum atomic E-state index is 13.1. The molecule has 6 heteroatoms. The quantitative estimate of drug-likeness (QED) is 0.0249. The standard InChI is InChI=1S/C53H85NO5/c1-4-7-10-13-16-19-22-25-26-28-29-32-35-38-41-44-49(59-53(58)46-43-40-37-34-31-27-23-20-17-14-11-8-5-2)47-52(57)54-50(48-55)51(56)45-42-39-36-33-30-24-21-18-15-12-9-6-3/h7-8,10-11,14,16-17,19-20,23,25-27,29,31-32,34,37-38,41,49-51,55-56H,4-6,9,12-13,15,18,21-22,24,28,30,33,35-36,39-40,42-48H2,1-3H3,(H,54,57)/b10-7-,11-8+,17-14+,19-16-,23-20-,26-25-,31-27-,32-29-,37-34+,41-38-. The fourth-order valence-corrected chi connectivity index (χ4v) is 6.19. The second-order valence-corrected chi connectivity index (χ2v) is 15.2. The van der Waals surface area contributed by atoms with Crippen LogP contribution in [0.1, 0.15) is 175 Å². The molecule has 0 aromatic heterocycles. The van der Waals surface area contributed by atoms with Crippen molar-refractivity contribution in [3.05, 3.63) is 122 Å². The molecule has 0 aromatic carbocycles. The normalized spacial score (nSPS) is 14.5. The monoisotopic (exact) mass is 816 g/mol. The van der Waals surface area contributed by atoms with Crippen LogP contribution >= 0.6 is 0 Å². The van der Waals surface area contributed by atoms with Gasteiger partial charge in [-0.15, -0.1) is 0 Å². The summed E-state index contributed by atoms with van der Waals surface area (Å²) < 4.78 is 5.80. The van der Waals surface area contributed by atoms with E-state index in [0.717, 1.165) is 64.2 Å². The lowest BCUT2D eigenvalue weighted by atomic mass is 10.0. The summed E-state index contributed by atoms with van der Waals surface area (Å²) in [7, 11) is 0. The molecule has 0 saturated carbocycles. The summed E-state index contributed by atoms with van der Waals surface area (Å²) in [4.78, 5) is 26.0. The minimum atomic E-state index is -0.831. The van der Waals surface area contributed by atoms with Gasteiger partial charge >= 0.3 is 5.97 Å². The molecule has 0 aromatic rings. The Morgan fingerprint density at radius 1 is 0.542 bits per heavy atom. The van der Waals surface area contributed by atoms with Gasteiger partial charge in [0.25, 0.3) is 0 Å². The fraction of sp³-hybridized carbons (Fsp3) is 0.585. The Labute approximate surface area is 361 Å². The van der Waals surface area contributed by atoms with E-state index in [1.54, 1.807) is 0 Å². The summed E-state index contributed by atoms with van der Waals surface area (Å²) in [5.41, 5.74) is 0. The molecule has 1 amide bonds. The van der Waals surface area contributed by atoms with E-state index in [1.165, 1.54) is 57.8 Å². The molecule has 3 unspecified atom stereocenters. The Hall–Kier alpha value is -3.74. The first kappa shape index (κ1) is 55.3. The number of hydrogen-bond acceptors (Lipinski definition) is 5. The number of allylic oxidation sites excluding steroid dienone is 19. The van der Waals surface area contributed by atoms with Crippen molar-refractivity contribution in [3.63, 3.8) is 0 Å². The second-order valence-electron chi connectivity index (χ2n) is 15.2. The Morgan fingerprint density at radius 2 is 1.00 bits per heavy atom. The Balaban J connectivity index is 4.90. The van der Waals surface area contributed by atoms with E-state index in [2.05, 4.69) is 80.8 Å². The van der Waals surface area contributed by atoms with Gasteiger partial charge in [0.05, 0.1) is 25.2 Å². The van der Waals surface area contributed by atoms with E-state index < -0.39 is 18.2 Å². The van der Waals surface area contributed by atoms with Gasteiger partial charge in [0.15, 0.2) is 0 Å². The van der Waals surface area contributed by atoms with Crippen LogP contribution < -0.4 is 5.32 Å². The van der Waals surface area contributed by atoms with Crippen LogP contribution in [0.15, 0.2) is 122 Å². The van der Waals surface area contributed by atoms with Crippen molar-refractivity contribution in [2.24, 2.45) is 0 Å². The lowest BCUT2D eigenvalue weighted by Gasteiger charge is -2.24. The van der Waals surface area contributed by atoms with Gasteiger partial charge in [-0.2, -0.15) is 0 Å². The van der Waals surface area contributed by atoms with E-state index in [0.29, 0.717) is 19.3 Å². The number of esters is 1. The number of unbranched alkanes of at least 4 members (excludes halogenated alkanes) is 12. The molecule has 0 aliphatic heterocycles. The molecule has 6 nitrogen and oxygen atoms in total. The van der Waals surface area contributed by atoms with Gasteiger partial charge in [-0.1, -0.05) is 219 Å². The molecule has 0 aliphatic carbocycles. The van der Waals surface area contributed by atoms with Gasteiger partial charge in [-0.25, -0.2) is 0 Å². The first-order valence-corrected chi connectivity index (χ1v) is 23.3. The van der Waals surface area contributed by atoms with Gasteiger partial charge in [0.2, 0.25) is 5.91 Å². The lowest BCUT2D eigenvalue weighted by Crippen LogP contribution is -2.46. The number of aliphatic hydroxyl groups is 2. The summed E-state index contributed by atoms with van der Waals surface area (Å²) in [5, 5.41) is 23.6. The van der Waals surface area contributed by atoms with E-state index in [1.807, 2.05) is 66.8 Å². The van der Waals surface area contributed by atoms with Crippen LogP contribution in [0, 0.1) is 0 Å². The predicted molar refractivity (Wildman–Crippen MR) is 254 cm³/mol. The highest BCUT2D eigenvalue weighted by Crippen LogP contribution is 2.15. The third-order valence-electron chi connectivity index (χ3n) is 9.67. The number of carbonyl (C=O) groups is 2. The van der Waals surface area contributed by atoms with Crippen molar-refractivity contribution in [3.8, 4) is 0 Å². The van der Waals surface area contributed by atoms with Crippen molar-refractivity contribution in [2.45, 2.75) is 193 Å². The first-order valence-electron chi connectivity index (χ1n) is 23.3. The summed E-state index contributed by atoms with van der Waals surface area (Å²) >= 11 is 0. The first-order chi connectivity index (χ1) is 29.0. The number of amides is 1. The highest BCUT2D eigenvalue weighted by Gasteiger charge is 2.23. The van der Waals surface area contributed by atoms with Gasteiger partial charge in [0, 0.05) is 12.8 Å². The third-order valence-corrected chi connectivity index (χ3v) is 9.67. The molecular weight excluding hydrogens is 731 g/mol. The zero-order valence-electron chi connectivity index (χ0n) is 37.6. The number of hydrogen-bond donors (Lipinski definition) is 3. The maximum absolute atomic E-state index is 13.1. The highest BCUT2D eigenvalue weighted by atomic mass is 16.5. The topological polar surface area (TPSA) is 95.9 Å². The van der Waals surface area contributed by atoms with Crippen molar-refractivity contribution >= 4 is 11.9 Å². The third kappa shape index (κ3) is 40.8. The summed E-state index contributed by atoms with van der Waals surface area (Å²) in [6.07, 6.45) is 62.7. The van der Waals surface area contributed by atoms with Crippen LogP contribution in [0.5, 0.6) is 0 Å². The van der Waals surface area contributed by atoms with Crippen molar-refractivity contribution < 1.29 is 24.5 Å². The molecule has 0 aliphatic rings. The van der Waals surface area contributed by atoms with Gasteiger partial charge < -0.3 is 20.3 Å². The van der Waals surface area contributed by atoms with E-state index in [9.17, 15) is 19.8 Å². The molecule has 0 rings (SSSR count). The Morgan fingerprint density at radius 3 is 1.51 bits per heavy atom. The second kappa shape index (κ2) is 45.3. The molecule has 0 bridgehead atoms. The SMILES string of the molecule is CC/C=C\C/C=C\C/C=C\C/C=C\C/C=C\CC(CC(=O)NC(CO)C(O)CCCCCCCCCCCCCC)OC(=O)CCC/C=C/C=C\C=C/C=C/C=C/CC. The van der Waals surface area contributed by atoms with Crippen molar-refractivity contribution in [2.75, 3.05) is 6.61 Å². The molecular formula is C53H85NO5. The molecule has 0 radical (unpaired) electrons. The minimum absolute atomic E-state index is 0.0375. The zero-order valence-corrected chi connectivity index (χ0v) is 37.6. The lowest BCUT2D eigenvalue weighted by molar-refractivity contribution is -0.150. The molecule has 3 N–H and O–H groups in total. The van der Waals surface area contributed by atoms with Crippen LogP contribution in [0.4, 0.5) is 0 Å². The Bertz CT molecular complexity index is 1280.